The number of H-pyrrole nitrogens is 1. The highest BCUT2D eigenvalue weighted by molar-refractivity contribution is 6.02. The van der Waals surface area contributed by atoms with Crippen molar-refractivity contribution in [1.82, 2.24) is 68.0 Å². The Labute approximate surface area is 519 Å². The number of aromatic amines is 1. The van der Waals surface area contributed by atoms with Gasteiger partial charge in [-0.15, -0.1) is 0 Å². The molecule has 3 unspecified atom stereocenters. The van der Waals surface area contributed by atoms with Gasteiger partial charge < -0.3 is 125 Å². The molecule has 34 nitrogen and oxygen atoms in total. The van der Waals surface area contributed by atoms with E-state index >= 15 is 0 Å². The van der Waals surface area contributed by atoms with Crippen molar-refractivity contribution in [3.8, 4) is 0 Å². The lowest BCUT2D eigenvalue weighted by Gasteiger charge is -2.30. The summed E-state index contributed by atoms with van der Waals surface area (Å²) in [6, 6.07) is -10.9. The second kappa shape index (κ2) is 44.1. The number of nitrogens with zero attached hydrogens (tertiary/aromatic N) is 2. The number of nitrogens with one attached hydrogen (secondary N) is 11. The first kappa shape index (κ1) is 77.7. The maximum Gasteiger partial charge on any atom is 0.268 e. The molecule has 0 saturated carbocycles. The van der Waals surface area contributed by atoms with Crippen LogP contribution >= 0.6 is 0 Å². The fraction of sp³-hybridized carbons (Fsp3) is 0.691. The molecule has 0 aromatic carbocycles. The van der Waals surface area contributed by atoms with Gasteiger partial charge in [-0.05, 0) is 129 Å². The molecule has 0 bridgehead atoms. The summed E-state index contributed by atoms with van der Waals surface area (Å²) in [4.78, 5) is 147. The van der Waals surface area contributed by atoms with Gasteiger partial charge in [0.2, 0.25) is 53.2 Å². The summed E-state index contributed by atoms with van der Waals surface area (Å²) in [6.07, 6.45) is 6.15. The normalized spacial score (nSPS) is 16.1. The van der Waals surface area contributed by atoms with E-state index in [0.717, 1.165) is 0 Å². The van der Waals surface area contributed by atoms with E-state index in [2.05, 4.69) is 69.7 Å². The number of rotatable bonds is 47. The molecule has 0 spiro atoms. The lowest BCUT2D eigenvalue weighted by Crippen LogP contribution is -2.63. The summed E-state index contributed by atoms with van der Waals surface area (Å²) in [5, 5.41) is 47.2. The smallest absolute Gasteiger partial charge is 0.268 e. The van der Waals surface area contributed by atoms with Gasteiger partial charge in [-0.25, -0.2) is 4.98 Å². The van der Waals surface area contributed by atoms with Crippen molar-refractivity contribution < 1.29 is 58.2 Å². The maximum absolute atomic E-state index is 14.5. The summed E-state index contributed by atoms with van der Waals surface area (Å²) < 4.78 is 0. The standard InChI is InChI=1S/C55H102N22O12/c1-33(63)66-25-11-17-38(50(84)71-36(14-3-6-20-57)48(82)67-24-9-8-22-59)72-49(83)37(15-4-7-21-58)73-51(85)40(27-34-30-65-32-69-34)74-52(86)41-18-12-26-77(41)55(89)39(16-10-23-60)70-44(80)31-68-53(87)45(42(78)28-61)76-54(88)46(43(79)29-62)75-47(81)35(64)13-2-5-19-56/h17,30,32,35-37,39-43,45-46,66,78-79H,1-16,18-29,31,56-64H2,(H,65,69)(H,67,82)(H,68,87)(H,70,80)(H,71,84)(H,72,83)(H,73,85)(H,74,86)(H,75,81)(H,76,88)/b38-17+/t35?,36-,37-,39+,40?,41-,42-,43?,45-,46-/m0/s1. The molecular weight excluding hydrogens is 1160 g/mol. The van der Waals surface area contributed by atoms with Crippen molar-refractivity contribution >= 4 is 59.1 Å². The van der Waals surface area contributed by atoms with Gasteiger partial charge >= 0.3 is 0 Å². The Kier molecular flexibility index (Phi) is 38.5. The number of hydrogen-bond donors (Lipinski definition) is 22. The summed E-state index contributed by atoms with van der Waals surface area (Å²) in [5.41, 5.74) is 51.6. The quantitative estimate of drug-likeness (QED) is 0.0213. The highest BCUT2D eigenvalue weighted by Gasteiger charge is 2.40. The van der Waals surface area contributed by atoms with Gasteiger partial charge in [0.25, 0.3) is 5.91 Å². The van der Waals surface area contributed by atoms with Crippen LogP contribution < -0.4 is 105 Å². The molecule has 10 atom stereocenters. The molecule has 0 radical (unpaired) electrons. The van der Waals surface area contributed by atoms with Crippen LogP contribution in [0.4, 0.5) is 0 Å². The lowest BCUT2D eigenvalue weighted by atomic mass is 10.0. The fourth-order valence-corrected chi connectivity index (χ4v) is 9.29. The van der Waals surface area contributed by atoms with Crippen LogP contribution in [0.1, 0.15) is 108 Å². The third-order valence-corrected chi connectivity index (χ3v) is 14.3. The summed E-state index contributed by atoms with van der Waals surface area (Å²) >= 11 is 0. The van der Waals surface area contributed by atoms with E-state index in [1.807, 2.05) is 0 Å². The van der Waals surface area contributed by atoms with Crippen LogP contribution in [0.5, 0.6) is 0 Å². The van der Waals surface area contributed by atoms with Gasteiger partial charge in [0.15, 0.2) is 0 Å². The molecule has 34 heteroatoms. The van der Waals surface area contributed by atoms with Gasteiger partial charge in [0.1, 0.15) is 48.0 Å². The molecule has 1 aliphatic heterocycles. The van der Waals surface area contributed by atoms with Crippen molar-refractivity contribution in [2.24, 2.45) is 51.6 Å². The number of amides is 10. The molecular formula is C55H102N22O12. The Hall–Kier alpha value is -7.41. The molecule has 10 amide bonds. The van der Waals surface area contributed by atoms with Gasteiger partial charge in [-0.2, -0.15) is 0 Å². The first-order valence-electron chi connectivity index (χ1n) is 30.5. The minimum atomic E-state index is -1.83. The lowest BCUT2D eigenvalue weighted by molar-refractivity contribution is -0.142. The zero-order valence-corrected chi connectivity index (χ0v) is 51.1. The van der Waals surface area contributed by atoms with Crippen LogP contribution in [0.15, 0.2) is 36.7 Å². The van der Waals surface area contributed by atoms with Gasteiger partial charge in [0, 0.05) is 51.0 Å². The van der Waals surface area contributed by atoms with Gasteiger partial charge in [0.05, 0.1) is 36.9 Å². The maximum atomic E-state index is 14.5. The van der Waals surface area contributed by atoms with E-state index in [9.17, 15) is 58.2 Å². The topological polar surface area (TPSA) is 598 Å². The first-order chi connectivity index (χ1) is 42.6. The highest BCUT2D eigenvalue weighted by Crippen LogP contribution is 2.21. The van der Waals surface area contributed by atoms with Gasteiger partial charge in [-0.1, -0.05) is 19.1 Å². The van der Waals surface area contributed by atoms with Crippen LogP contribution in [0.25, 0.3) is 0 Å². The van der Waals surface area contributed by atoms with Crippen molar-refractivity contribution in [3.05, 3.63) is 42.4 Å². The van der Waals surface area contributed by atoms with Gasteiger partial charge in [-0.3, -0.25) is 47.9 Å². The molecule has 89 heavy (non-hydrogen) atoms. The number of imidazole rings is 1. The van der Waals surface area contributed by atoms with Crippen molar-refractivity contribution in [2.45, 2.75) is 170 Å². The number of likely N-dealkylation sites (tertiary alicyclic amines) is 1. The van der Waals surface area contributed by atoms with E-state index < -0.39 is 139 Å². The van der Waals surface area contributed by atoms with Crippen LogP contribution in [-0.4, -0.2) is 217 Å². The second-order valence-electron chi connectivity index (χ2n) is 21.6. The number of aliphatic hydroxyl groups is 2. The molecule has 1 aromatic rings. The second-order valence-corrected chi connectivity index (χ2v) is 21.6. The predicted octanol–water partition coefficient (Wildman–Crippen LogP) is -8.67. The molecule has 1 aromatic heterocycles. The number of carbonyl (C=O) groups is 10. The Bertz CT molecular complexity index is 2400. The van der Waals surface area contributed by atoms with E-state index in [1.165, 1.54) is 23.5 Å². The van der Waals surface area contributed by atoms with Crippen LogP contribution in [-0.2, 0) is 54.4 Å². The van der Waals surface area contributed by atoms with E-state index in [-0.39, 0.29) is 89.1 Å². The number of hydrogen-bond acceptors (Lipinski definition) is 23. The Morgan fingerprint density at radius 3 is 1.78 bits per heavy atom. The Morgan fingerprint density at radius 2 is 1.19 bits per heavy atom. The third kappa shape index (κ3) is 29.2. The molecule has 31 N–H and O–H groups in total. The molecule has 0 aliphatic carbocycles. The number of nitrogens with two attached hydrogens (primary N) is 9. The summed E-state index contributed by atoms with van der Waals surface area (Å²) in [5.74, 6) is -8.15. The molecule has 1 saturated heterocycles. The predicted molar refractivity (Wildman–Crippen MR) is 330 cm³/mol. The molecule has 2 rings (SSSR count). The third-order valence-electron chi connectivity index (χ3n) is 14.3. The SMILES string of the molecule is C=C(N)NCC/C=C(/NC(=O)[C@H](CCCCN)NC(=O)C(Cc1cnc[nH]1)NC(=O)[C@@H]1CCCN1C(=O)[C@@H](CCCN)NC(=O)CNC(=O)[C@@H](NC(=O)[C@@H](NC(=O)C(N)CCCCN)C(O)CN)[C@@H](O)CN)C(=O)N[C@@H](CCCCN)C(=O)NCCCCN. The Balaban J connectivity index is 2.38. The number of aliphatic hydroxyl groups excluding tert-OH is 2. The summed E-state index contributed by atoms with van der Waals surface area (Å²) in [7, 11) is 0. The monoisotopic (exact) mass is 1260 g/mol. The first-order valence-corrected chi connectivity index (χ1v) is 30.5. The van der Waals surface area contributed by atoms with Crippen LogP contribution in [0, 0.1) is 0 Å². The highest BCUT2D eigenvalue weighted by atomic mass is 16.3. The largest absolute Gasteiger partial charge is 0.389 e. The summed E-state index contributed by atoms with van der Waals surface area (Å²) in [6.45, 7) is 3.80. The minimum absolute atomic E-state index is 0.0185. The zero-order valence-electron chi connectivity index (χ0n) is 51.1. The molecule has 504 valence electrons. The number of unbranched alkanes of at least 4 members (excludes halogenated alkanes) is 4. The van der Waals surface area contributed by atoms with Crippen molar-refractivity contribution in [1.29, 1.82) is 0 Å². The Morgan fingerprint density at radius 1 is 0.618 bits per heavy atom. The fourth-order valence-electron chi connectivity index (χ4n) is 9.29. The number of aromatic nitrogens is 2. The van der Waals surface area contributed by atoms with Crippen molar-refractivity contribution in [3.63, 3.8) is 0 Å². The molecule has 1 fully saturated rings. The van der Waals surface area contributed by atoms with E-state index in [1.54, 1.807) is 0 Å². The zero-order chi connectivity index (χ0) is 66.3. The minimum Gasteiger partial charge on any atom is -0.389 e. The molecule has 2 heterocycles. The van der Waals surface area contributed by atoms with E-state index in [0.29, 0.717) is 89.7 Å². The van der Waals surface area contributed by atoms with Crippen molar-refractivity contribution in [2.75, 3.05) is 72.0 Å². The average Bonchev–Trinajstić information content (AvgIpc) is 3.27. The average molecular weight is 1260 g/mol. The van der Waals surface area contributed by atoms with Crippen LogP contribution in [0.3, 0.4) is 0 Å². The number of carbonyl (C=O) groups excluding carboxylic acids is 10. The van der Waals surface area contributed by atoms with Crippen LogP contribution in [0.2, 0.25) is 0 Å². The van der Waals surface area contributed by atoms with E-state index in [4.69, 9.17) is 51.6 Å². The molecule has 1 aliphatic rings.